The molecule has 2 aromatic rings. The van der Waals surface area contributed by atoms with E-state index in [9.17, 15) is 0 Å². The fourth-order valence-corrected chi connectivity index (χ4v) is 2.35. The molecule has 2 N–H and O–H groups in total. The lowest BCUT2D eigenvalue weighted by molar-refractivity contribution is 0.0789. The smallest absolute Gasteiger partial charge is 0.129 e. The fraction of sp³-hybridized carbons (Fsp3) is 0.357. The van der Waals surface area contributed by atoms with Gasteiger partial charge in [-0.15, -0.1) is 0 Å². The molecule has 0 atom stereocenters. The summed E-state index contributed by atoms with van der Waals surface area (Å²) in [5.74, 6) is 0.690. The van der Waals surface area contributed by atoms with Crippen LogP contribution in [0, 0.1) is 0 Å². The number of nitrogen functional groups attached to an aromatic ring is 1. The standard InChI is InChI=1S/C14H17N3O/c1-17-13(15)12(9-16-17)10-3-5-11(6-4-10)14(18-2)7-8-14/h3-6,9H,7-8,15H2,1-2H3. The molecule has 0 saturated heterocycles. The molecule has 0 unspecified atom stereocenters. The third kappa shape index (κ3) is 1.61. The van der Waals surface area contributed by atoms with E-state index in [-0.39, 0.29) is 5.60 Å². The number of nitrogens with zero attached hydrogens (tertiary/aromatic N) is 2. The molecule has 1 aliphatic carbocycles. The Morgan fingerprint density at radius 3 is 2.39 bits per heavy atom. The van der Waals surface area contributed by atoms with Gasteiger partial charge in [-0.3, -0.25) is 4.68 Å². The second-order valence-electron chi connectivity index (χ2n) is 4.84. The van der Waals surface area contributed by atoms with Gasteiger partial charge in [0.2, 0.25) is 0 Å². The third-order valence-corrected chi connectivity index (χ3v) is 3.80. The Kier molecular flexibility index (Phi) is 2.41. The van der Waals surface area contributed by atoms with Gasteiger partial charge < -0.3 is 10.5 Å². The summed E-state index contributed by atoms with van der Waals surface area (Å²) in [7, 11) is 3.62. The predicted octanol–water partition coefficient (Wildman–Crippen LogP) is 2.30. The minimum Gasteiger partial charge on any atom is -0.383 e. The lowest BCUT2D eigenvalue weighted by Gasteiger charge is -2.13. The van der Waals surface area contributed by atoms with E-state index in [2.05, 4.69) is 29.4 Å². The zero-order valence-electron chi connectivity index (χ0n) is 10.7. The van der Waals surface area contributed by atoms with Crippen LogP contribution in [0.15, 0.2) is 30.5 Å². The zero-order valence-corrected chi connectivity index (χ0v) is 10.7. The number of hydrogen-bond donors (Lipinski definition) is 1. The Balaban J connectivity index is 1.94. The summed E-state index contributed by atoms with van der Waals surface area (Å²) in [5.41, 5.74) is 9.26. The number of nitrogens with two attached hydrogens (primary N) is 1. The van der Waals surface area contributed by atoms with Crippen molar-refractivity contribution in [3.8, 4) is 11.1 Å². The van der Waals surface area contributed by atoms with E-state index in [1.807, 2.05) is 7.05 Å². The summed E-state index contributed by atoms with van der Waals surface area (Å²) in [4.78, 5) is 0. The SMILES string of the molecule is COC1(c2ccc(-c3cnn(C)c3N)cc2)CC1. The number of hydrogen-bond acceptors (Lipinski definition) is 3. The van der Waals surface area contributed by atoms with Crippen LogP contribution in [0.3, 0.4) is 0 Å². The first-order valence-corrected chi connectivity index (χ1v) is 6.10. The molecule has 0 spiro atoms. The maximum atomic E-state index is 5.97. The molecule has 94 valence electrons. The van der Waals surface area contributed by atoms with Crippen molar-refractivity contribution in [2.45, 2.75) is 18.4 Å². The highest BCUT2D eigenvalue weighted by molar-refractivity contribution is 5.73. The molecule has 3 rings (SSSR count). The molecule has 1 aromatic heterocycles. The Morgan fingerprint density at radius 1 is 1.28 bits per heavy atom. The molecule has 1 heterocycles. The van der Waals surface area contributed by atoms with Crippen LogP contribution in [0.25, 0.3) is 11.1 Å². The van der Waals surface area contributed by atoms with Crippen LogP contribution in [0.1, 0.15) is 18.4 Å². The number of rotatable bonds is 3. The first-order chi connectivity index (χ1) is 8.66. The highest BCUT2D eigenvalue weighted by Gasteiger charge is 2.44. The molecular weight excluding hydrogens is 226 g/mol. The fourth-order valence-electron chi connectivity index (χ4n) is 2.35. The van der Waals surface area contributed by atoms with Crippen LogP contribution in [0.5, 0.6) is 0 Å². The number of benzene rings is 1. The van der Waals surface area contributed by atoms with Crippen LogP contribution < -0.4 is 5.73 Å². The minimum absolute atomic E-state index is 0.0288. The molecule has 18 heavy (non-hydrogen) atoms. The van der Waals surface area contributed by atoms with E-state index in [0.717, 1.165) is 24.0 Å². The van der Waals surface area contributed by atoms with Crippen molar-refractivity contribution in [3.05, 3.63) is 36.0 Å². The molecule has 0 bridgehead atoms. The number of ether oxygens (including phenoxy) is 1. The maximum Gasteiger partial charge on any atom is 0.129 e. The number of aryl methyl sites for hydroxylation is 1. The Morgan fingerprint density at radius 2 is 1.94 bits per heavy atom. The van der Waals surface area contributed by atoms with E-state index in [0.29, 0.717) is 5.82 Å². The largest absolute Gasteiger partial charge is 0.383 e. The molecular formula is C14H17N3O. The predicted molar refractivity (Wildman–Crippen MR) is 71.0 cm³/mol. The Bertz CT molecular complexity index is 567. The van der Waals surface area contributed by atoms with Crippen LogP contribution in [0.4, 0.5) is 5.82 Å². The maximum absolute atomic E-state index is 5.97. The van der Waals surface area contributed by atoms with Crippen molar-refractivity contribution in [2.75, 3.05) is 12.8 Å². The van der Waals surface area contributed by atoms with Crippen LogP contribution in [-0.2, 0) is 17.4 Å². The lowest BCUT2D eigenvalue weighted by atomic mass is 10.0. The van der Waals surface area contributed by atoms with E-state index >= 15 is 0 Å². The summed E-state index contributed by atoms with van der Waals surface area (Å²) >= 11 is 0. The van der Waals surface area contributed by atoms with E-state index in [1.54, 1.807) is 18.0 Å². The quantitative estimate of drug-likeness (QED) is 0.900. The van der Waals surface area contributed by atoms with Crippen molar-refractivity contribution in [1.29, 1.82) is 0 Å². The third-order valence-electron chi connectivity index (χ3n) is 3.80. The average molecular weight is 243 g/mol. The monoisotopic (exact) mass is 243 g/mol. The van der Waals surface area contributed by atoms with Crippen LogP contribution in [-0.4, -0.2) is 16.9 Å². The molecule has 0 radical (unpaired) electrons. The lowest BCUT2D eigenvalue weighted by Crippen LogP contribution is -2.08. The molecule has 0 amide bonds. The average Bonchev–Trinajstić information content (AvgIpc) is 3.14. The first-order valence-electron chi connectivity index (χ1n) is 6.10. The van der Waals surface area contributed by atoms with Gasteiger partial charge in [-0.05, 0) is 24.0 Å². The second kappa shape index (κ2) is 3.85. The number of methoxy groups -OCH3 is 1. The first kappa shape index (κ1) is 11.3. The van der Waals surface area contributed by atoms with Crippen LogP contribution >= 0.6 is 0 Å². The minimum atomic E-state index is -0.0288. The summed E-state index contributed by atoms with van der Waals surface area (Å²) < 4.78 is 7.25. The van der Waals surface area contributed by atoms with Crippen molar-refractivity contribution < 1.29 is 4.74 Å². The molecule has 4 heteroatoms. The molecule has 0 aliphatic heterocycles. The van der Waals surface area contributed by atoms with Gasteiger partial charge in [-0.2, -0.15) is 5.10 Å². The molecule has 1 saturated carbocycles. The summed E-state index contributed by atoms with van der Waals surface area (Å²) in [5, 5.41) is 4.16. The van der Waals surface area contributed by atoms with E-state index < -0.39 is 0 Å². The zero-order chi connectivity index (χ0) is 12.8. The van der Waals surface area contributed by atoms with Crippen molar-refractivity contribution in [3.63, 3.8) is 0 Å². The Labute approximate surface area is 106 Å². The van der Waals surface area contributed by atoms with Gasteiger partial charge in [0.1, 0.15) is 5.82 Å². The molecule has 4 nitrogen and oxygen atoms in total. The normalized spacial score (nSPS) is 16.8. The van der Waals surface area contributed by atoms with Crippen molar-refractivity contribution in [2.24, 2.45) is 7.05 Å². The second-order valence-corrected chi connectivity index (χ2v) is 4.84. The van der Waals surface area contributed by atoms with Crippen molar-refractivity contribution in [1.82, 2.24) is 9.78 Å². The van der Waals surface area contributed by atoms with Crippen molar-refractivity contribution >= 4 is 5.82 Å². The topological polar surface area (TPSA) is 53.1 Å². The molecule has 1 aliphatic rings. The summed E-state index contributed by atoms with van der Waals surface area (Å²) in [6.07, 6.45) is 4.02. The van der Waals surface area contributed by atoms with Gasteiger partial charge in [0.25, 0.3) is 0 Å². The molecule has 1 aromatic carbocycles. The van der Waals surface area contributed by atoms with Gasteiger partial charge in [0.05, 0.1) is 11.8 Å². The summed E-state index contributed by atoms with van der Waals surface area (Å²) in [6.45, 7) is 0. The van der Waals surface area contributed by atoms with E-state index in [4.69, 9.17) is 10.5 Å². The van der Waals surface area contributed by atoms with Gasteiger partial charge in [-0.1, -0.05) is 24.3 Å². The van der Waals surface area contributed by atoms with Gasteiger partial charge in [0.15, 0.2) is 0 Å². The number of aromatic nitrogens is 2. The van der Waals surface area contributed by atoms with Gasteiger partial charge in [0, 0.05) is 19.7 Å². The summed E-state index contributed by atoms with van der Waals surface area (Å²) in [6, 6.07) is 8.42. The highest BCUT2D eigenvalue weighted by Crippen LogP contribution is 2.48. The molecule has 1 fully saturated rings. The van der Waals surface area contributed by atoms with Gasteiger partial charge in [-0.25, -0.2) is 0 Å². The van der Waals surface area contributed by atoms with E-state index in [1.165, 1.54) is 5.56 Å². The van der Waals surface area contributed by atoms with Crippen LogP contribution in [0.2, 0.25) is 0 Å². The number of anilines is 1. The Hall–Kier alpha value is -1.81. The highest BCUT2D eigenvalue weighted by atomic mass is 16.5. The van der Waals surface area contributed by atoms with Gasteiger partial charge >= 0.3 is 0 Å².